The second-order valence-corrected chi connectivity index (χ2v) is 5.94. The first-order valence-corrected chi connectivity index (χ1v) is 7.37. The number of nitrogens with zero attached hydrogens (tertiary/aromatic N) is 1. The molecular weight excluding hydrogens is 320 g/mol. The Bertz CT molecular complexity index is 784. The van der Waals surface area contributed by atoms with E-state index in [-0.39, 0.29) is 15.6 Å². The van der Waals surface area contributed by atoms with Crippen molar-refractivity contribution in [2.75, 3.05) is 4.72 Å². The Hall–Kier alpha value is -2.32. The van der Waals surface area contributed by atoms with Gasteiger partial charge in [-0.25, -0.2) is 13.2 Å². The fraction of sp³-hybridized carbons (Fsp3) is 0. The molecule has 0 bridgehead atoms. The molecule has 9 heteroatoms. The Labute approximate surface area is 124 Å². The van der Waals surface area contributed by atoms with Gasteiger partial charge in [0.05, 0.1) is 11.2 Å². The summed E-state index contributed by atoms with van der Waals surface area (Å²) in [6.45, 7) is 0. The van der Waals surface area contributed by atoms with E-state index in [2.05, 4.69) is 14.4 Å². The molecule has 2 aromatic rings. The van der Waals surface area contributed by atoms with Crippen molar-refractivity contribution in [3.8, 4) is 0 Å². The van der Waals surface area contributed by atoms with Gasteiger partial charge in [0.2, 0.25) is 0 Å². The van der Waals surface area contributed by atoms with Gasteiger partial charge in [-0.15, -0.1) is 0 Å². The minimum absolute atomic E-state index is 0.0357. The minimum atomic E-state index is -3.88. The summed E-state index contributed by atoms with van der Waals surface area (Å²) in [5, 5.41) is 11.9. The maximum atomic E-state index is 12.1. The molecule has 0 saturated heterocycles. The van der Waals surface area contributed by atoms with Crippen molar-refractivity contribution in [2.24, 2.45) is 0 Å². The van der Waals surface area contributed by atoms with E-state index in [0.717, 1.165) is 12.3 Å². The van der Waals surface area contributed by atoms with Crippen molar-refractivity contribution in [3.05, 3.63) is 47.3 Å². The van der Waals surface area contributed by atoms with Crippen molar-refractivity contribution in [2.45, 2.75) is 4.90 Å². The maximum Gasteiger partial charge on any atom is 0.328 e. The molecule has 0 unspecified atom stereocenters. The van der Waals surface area contributed by atoms with Crippen molar-refractivity contribution >= 4 is 39.4 Å². The lowest BCUT2D eigenvalue weighted by molar-refractivity contribution is -0.131. The highest BCUT2D eigenvalue weighted by molar-refractivity contribution is 7.92. The molecule has 21 heavy (non-hydrogen) atoms. The number of hydrogen-bond donors (Lipinski definition) is 2. The molecule has 1 heterocycles. The number of rotatable bonds is 5. The molecule has 110 valence electrons. The summed E-state index contributed by atoms with van der Waals surface area (Å²) in [5.41, 5.74) is 0.632. The zero-order valence-corrected chi connectivity index (χ0v) is 11.9. The summed E-state index contributed by atoms with van der Waals surface area (Å²) in [4.78, 5) is 10.3. The Balaban J connectivity index is 2.30. The Morgan fingerprint density at radius 2 is 2.19 bits per heavy atom. The summed E-state index contributed by atoms with van der Waals surface area (Å²) < 4.78 is 31.0. The van der Waals surface area contributed by atoms with Gasteiger partial charge in [0.1, 0.15) is 16.8 Å². The lowest BCUT2D eigenvalue weighted by Crippen LogP contribution is -2.13. The Morgan fingerprint density at radius 1 is 1.43 bits per heavy atom. The summed E-state index contributed by atoms with van der Waals surface area (Å²) in [5.74, 6) is -1.11. The number of aliphatic carboxylic acids is 1. The molecule has 0 atom stereocenters. The van der Waals surface area contributed by atoms with Gasteiger partial charge in [0.15, 0.2) is 0 Å². The highest BCUT2D eigenvalue weighted by atomic mass is 35.5. The predicted molar refractivity (Wildman–Crippen MR) is 75.4 cm³/mol. The van der Waals surface area contributed by atoms with Crippen molar-refractivity contribution in [3.63, 3.8) is 0 Å². The molecule has 0 aliphatic rings. The second kappa shape index (κ2) is 5.98. The van der Waals surface area contributed by atoms with Crippen LogP contribution in [0.4, 0.5) is 5.69 Å². The van der Waals surface area contributed by atoms with Crippen LogP contribution in [0.15, 0.2) is 46.2 Å². The van der Waals surface area contributed by atoms with Gasteiger partial charge in [-0.05, 0) is 23.8 Å². The quantitative estimate of drug-likeness (QED) is 0.814. The molecule has 0 fully saturated rings. The van der Waals surface area contributed by atoms with Crippen LogP contribution in [0, 0.1) is 0 Å². The van der Waals surface area contributed by atoms with Crippen LogP contribution >= 0.6 is 11.6 Å². The number of carboxylic acids is 1. The lowest BCUT2D eigenvalue weighted by Gasteiger charge is -2.07. The van der Waals surface area contributed by atoms with Crippen LogP contribution in [0.25, 0.3) is 6.08 Å². The van der Waals surface area contributed by atoms with Gasteiger partial charge in [-0.2, -0.15) is 0 Å². The molecule has 1 aromatic carbocycles. The van der Waals surface area contributed by atoms with E-state index in [4.69, 9.17) is 16.7 Å². The number of nitrogens with one attached hydrogen (secondary N) is 1. The number of benzene rings is 1. The number of aromatic nitrogens is 1. The number of halogens is 1. The Morgan fingerprint density at radius 3 is 2.76 bits per heavy atom. The summed E-state index contributed by atoms with van der Waals surface area (Å²) >= 11 is 5.93. The highest BCUT2D eigenvalue weighted by Gasteiger charge is 2.18. The fourth-order valence-corrected chi connectivity index (χ4v) is 3.05. The predicted octanol–water partition coefficient (Wildman–Crippen LogP) is 2.23. The zero-order chi connectivity index (χ0) is 15.5. The third-order valence-electron chi connectivity index (χ3n) is 2.35. The topological polar surface area (TPSA) is 110 Å². The molecule has 0 radical (unpaired) electrons. The molecule has 0 spiro atoms. The van der Waals surface area contributed by atoms with Crippen LogP contribution in [0.1, 0.15) is 5.56 Å². The molecule has 2 rings (SSSR count). The van der Waals surface area contributed by atoms with Crippen molar-refractivity contribution < 1.29 is 22.8 Å². The van der Waals surface area contributed by atoms with Crippen LogP contribution in [0.5, 0.6) is 0 Å². The first-order valence-electron chi connectivity index (χ1n) is 5.51. The smallest absolute Gasteiger partial charge is 0.328 e. The van der Waals surface area contributed by atoms with Crippen LogP contribution < -0.4 is 4.72 Å². The number of carbonyl (C=O) groups is 1. The number of hydrogen-bond acceptors (Lipinski definition) is 5. The first-order chi connectivity index (χ1) is 9.88. The zero-order valence-electron chi connectivity index (χ0n) is 10.4. The molecular formula is C12H9ClN2O5S. The fourth-order valence-electron chi connectivity index (χ4n) is 1.47. The second-order valence-electron chi connectivity index (χ2n) is 3.88. The van der Waals surface area contributed by atoms with E-state index in [1.165, 1.54) is 30.5 Å². The molecule has 0 amide bonds. The third-order valence-corrected chi connectivity index (χ3v) is 4.21. The summed E-state index contributed by atoms with van der Waals surface area (Å²) in [6.07, 6.45) is 4.57. The average Bonchev–Trinajstić information content (AvgIpc) is 2.88. The van der Waals surface area contributed by atoms with E-state index in [0.29, 0.717) is 5.56 Å². The Kier molecular flexibility index (Phi) is 4.29. The van der Waals surface area contributed by atoms with Gasteiger partial charge < -0.3 is 9.63 Å². The average molecular weight is 329 g/mol. The molecule has 1 aromatic heterocycles. The monoisotopic (exact) mass is 328 g/mol. The largest absolute Gasteiger partial charge is 0.478 e. The molecule has 0 aliphatic heterocycles. The van der Waals surface area contributed by atoms with E-state index < -0.39 is 16.0 Å². The lowest BCUT2D eigenvalue weighted by atomic mass is 10.2. The van der Waals surface area contributed by atoms with Crippen LogP contribution in [0.2, 0.25) is 5.02 Å². The molecule has 0 aliphatic carbocycles. The van der Waals surface area contributed by atoms with Gasteiger partial charge in [-0.1, -0.05) is 22.8 Å². The number of carboxylic acid groups (broad SMARTS) is 1. The van der Waals surface area contributed by atoms with Crippen LogP contribution in [-0.4, -0.2) is 24.7 Å². The summed E-state index contributed by atoms with van der Waals surface area (Å²) in [7, 11) is -3.88. The van der Waals surface area contributed by atoms with Gasteiger partial charge in [0, 0.05) is 6.08 Å². The van der Waals surface area contributed by atoms with Crippen molar-refractivity contribution in [1.29, 1.82) is 0 Å². The van der Waals surface area contributed by atoms with E-state index in [9.17, 15) is 13.2 Å². The van der Waals surface area contributed by atoms with Gasteiger partial charge >= 0.3 is 5.97 Å². The minimum Gasteiger partial charge on any atom is -0.478 e. The standard InChI is InChI=1S/C12H9ClN2O5S/c13-10-5-8(2-4-12(16)17)1-3-11(10)21(18,19)15-9-6-14-20-7-9/h1-7,15H,(H,16,17). The van der Waals surface area contributed by atoms with E-state index in [1.807, 2.05) is 0 Å². The maximum absolute atomic E-state index is 12.1. The highest BCUT2D eigenvalue weighted by Crippen LogP contribution is 2.25. The molecule has 7 nitrogen and oxygen atoms in total. The van der Waals surface area contributed by atoms with Crippen molar-refractivity contribution in [1.82, 2.24) is 5.16 Å². The molecule has 0 saturated carbocycles. The van der Waals surface area contributed by atoms with E-state index in [1.54, 1.807) is 0 Å². The molecule has 2 N–H and O–H groups in total. The van der Waals surface area contributed by atoms with Gasteiger partial charge in [0.25, 0.3) is 10.0 Å². The van der Waals surface area contributed by atoms with Crippen LogP contribution in [0.3, 0.4) is 0 Å². The third kappa shape index (κ3) is 3.83. The SMILES string of the molecule is O=C(O)C=Cc1ccc(S(=O)(=O)Nc2cnoc2)c(Cl)c1. The van der Waals surface area contributed by atoms with Gasteiger partial charge in [-0.3, -0.25) is 4.72 Å². The number of sulfonamides is 1. The normalized spacial score (nSPS) is 11.7. The van der Waals surface area contributed by atoms with E-state index >= 15 is 0 Å². The van der Waals surface area contributed by atoms with Crippen LogP contribution in [-0.2, 0) is 14.8 Å². The number of anilines is 1. The summed E-state index contributed by atoms with van der Waals surface area (Å²) in [6, 6.07) is 4.07. The first kappa shape index (κ1) is 15.1.